The van der Waals surface area contributed by atoms with Crippen LogP contribution in [0.2, 0.25) is 0 Å². The van der Waals surface area contributed by atoms with E-state index >= 15 is 0 Å². The third-order valence-corrected chi connectivity index (χ3v) is 7.08. The van der Waals surface area contributed by atoms with Crippen LogP contribution in [-0.4, -0.2) is 4.98 Å². The van der Waals surface area contributed by atoms with E-state index in [4.69, 9.17) is 13.8 Å². The van der Waals surface area contributed by atoms with Crippen LogP contribution >= 0.6 is 0 Å². The molecular weight excluding hydrogens is 430 g/mol. The molecule has 3 aromatic heterocycles. The molecule has 0 aliphatic rings. The molecule has 0 saturated carbocycles. The second kappa shape index (κ2) is 7.71. The first kappa shape index (κ1) is 21.9. The van der Waals surface area contributed by atoms with Crippen LogP contribution < -0.4 is 0 Å². The van der Waals surface area contributed by atoms with Gasteiger partial charge in [0.1, 0.15) is 22.6 Å². The van der Waals surface area contributed by atoms with Crippen molar-refractivity contribution in [2.75, 3.05) is 0 Å². The predicted octanol–water partition coefficient (Wildman–Crippen LogP) is 9.35. The monoisotopic (exact) mass is 461 g/mol. The van der Waals surface area contributed by atoms with Crippen molar-refractivity contribution in [1.82, 2.24) is 4.98 Å². The van der Waals surface area contributed by atoms with E-state index < -0.39 is 0 Å². The highest BCUT2D eigenvalue weighted by Crippen LogP contribution is 2.40. The fourth-order valence-corrected chi connectivity index (χ4v) is 5.30. The number of furan rings is 2. The predicted molar refractivity (Wildman–Crippen MR) is 146 cm³/mol. The van der Waals surface area contributed by atoms with E-state index in [0.29, 0.717) is 5.92 Å². The third-order valence-electron chi connectivity index (χ3n) is 7.08. The molecule has 6 aromatic rings. The number of hydrogen-bond donors (Lipinski definition) is 0. The molecule has 0 bridgehead atoms. The fourth-order valence-electron chi connectivity index (χ4n) is 5.30. The van der Waals surface area contributed by atoms with Crippen molar-refractivity contribution in [2.45, 2.75) is 53.4 Å². The Morgan fingerprint density at radius 2 is 1.57 bits per heavy atom. The molecule has 0 fully saturated rings. The quantitative estimate of drug-likeness (QED) is 0.263. The van der Waals surface area contributed by atoms with Gasteiger partial charge in [0.2, 0.25) is 0 Å². The lowest BCUT2D eigenvalue weighted by atomic mass is 9.82. The van der Waals surface area contributed by atoms with Gasteiger partial charge >= 0.3 is 0 Å². The average Bonchev–Trinajstić information content (AvgIpc) is 3.32. The third kappa shape index (κ3) is 3.53. The Hall–Kier alpha value is -3.59. The minimum absolute atomic E-state index is 0.00703. The van der Waals surface area contributed by atoms with Gasteiger partial charge in [-0.1, -0.05) is 58.9 Å². The van der Waals surface area contributed by atoms with Gasteiger partial charge in [0.25, 0.3) is 0 Å². The second-order valence-corrected chi connectivity index (χ2v) is 11.2. The van der Waals surface area contributed by atoms with Gasteiger partial charge < -0.3 is 8.83 Å². The molecule has 0 saturated heterocycles. The summed E-state index contributed by atoms with van der Waals surface area (Å²) in [5.41, 5.74) is 7.11. The molecule has 0 N–H and O–H groups in total. The van der Waals surface area contributed by atoms with E-state index in [2.05, 4.69) is 90.1 Å². The Kier molecular flexibility index (Phi) is 4.83. The first-order valence-corrected chi connectivity index (χ1v) is 12.5. The molecule has 0 aliphatic carbocycles. The summed E-state index contributed by atoms with van der Waals surface area (Å²) in [4.78, 5) is 4.81. The van der Waals surface area contributed by atoms with Crippen molar-refractivity contribution in [3.63, 3.8) is 0 Å². The van der Waals surface area contributed by atoms with Crippen molar-refractivity contribution >= 4 is 43.7 Å². The van der Waals surface area contributed by atoms with Crippen molar-refractivity contribution in [1.29, 1.82) is 0 Å². The van der Waals surface area contributed by atoms with Crippen molar-refractivity contribution < 1.29 is 8.83 Å². The lowest BCUT2D eigenvalue weighted by molar-refractivity contribution is 0.496. The highest BCUT2D eigenvalue weighted by molar-refractivity contribution is 6.12. The van der Waals surface area contributed by atoms with Crippen LogP contribution in [0.15, 0.2) is 69.6 Å². The number of benzene rings is 3. The Labute approximate surface area is 205 Å². The SMILES string of the molecule is Cc1c(CC(C)C)oc2cc3c(cc12)oc1c(-c2cc(C(C)(C)C)c4ccccc4c2)nccc13. The van der Waals surface area contributed by atoms with Gasteiger partial charge in [0.15, 0.2) is 5.58 Å². The van der Waals surface area contributed by atoms with E-state index in [0.717, 1.165) is 56.3 Å². The van der Waals surface area contributed by atoms with Crippen molar-refractivity contribution in [3.05, 3.63) is 77.7 Å². The van der Waals surface area contributed by atoms with Crippen LogP contribution in [0, 0.1) is 12.8 Å². The molecule has 35 heavy (non-hydrogen) atoms. The van der Waals surface area contributed by atoms with Gasteiger partial charge in [-0.15, -0.1) is 0 Å². The van der Waals surface area contributed by atoms with E-state index in [9.17, 15) is 0 Å². The summed E-state index contributed by atoms with van der Waals surface area (Å²) in [6, 6.07) is 19.4. The summed E-state index contributed by atoms with van der Waals surface area (Å²) in [7, 11) is 0. The topological polar surface area (TPSA) is 39.2 Å². The lowest BCUT2D eigenvalue weighted by Gasteiger charge is -2.22. The zero-order valence-electron chi connectivity index (χ0n) is 21.3. The maximum atomic E-state index is 6.52. The summed E-state index contributed by atoms with van der Waals surface area (Å²) in [5, 5.41) is 5.77. The largest absolute Gasteiger partial charge is 0.461 e. The molecule has 3 aromatic carbocycles. The highest BCUT2D eigenvalue weighted by Gasteiger charge is 2.21. The number of pyridine rings is 1. The van der Waals surface area contributed by atoms with Crippen LogP contribution in [0.25, 0.3) is 54.9 Å². The number of hydrogen-bond acceptors (Lipinski definition) is 3. The minimum Gasteiger partial charge on any atom is -0.461 e. The van der Waals surface area contributed by atoms with Gasteiger partial charge in [0, 0.05) is 34.3 Å². The summed E-state index contributed by atoms with van der Waals surface area (Å²) in [5.74, 6) is 1.62. The van der Waals surface area contributed by atoms with Crippen LogP contribution in [0.1, 0.15) is 51.5 Å². The molecule has 0 aliphatic heterocycles. The average molecular weight is 462 g/mol. The molecule has 3 nitrogen and oxygen atoms in total. The first-order chi connectivity index (χ1) is 16.7. The highest BCUT2D eigenvalue weighted by atomic mass is 16.3. The summed E-state index contributed by atoms with van der Waals surface area (Å²) >= 11 is 0. The fraction of sp³-hybridized carbons (Fsp3) is 0.281. The van der Waals surface area contributed by atoms with Crippen molar-refractivity contribution in [3.8, 4) is 11.3 Å². The molecular formula is C32H31NO2. The van der Waals surface area contributed by atoms with Crippen LogP contribution in [0.3, 0.4) is 0 Å². The number of fused-ring (bicyclic) bond motifs is 5. The summed E-state index contributed by atoms with van der Waals surface area (Å²) in [6.45, 7) is 13.4. The number of aryl methyl sites for hydroxylation is 1. The van der Waals surface area contributed by atoms with Crippen molar-refractivity contribution in [2.24, 2.45) is 5.92 Å². The molecule has 0 spiro atoms. The first-order valence-electron chi connectivity index (χ1n) is 12.5. The standard InChI is InChI=1S/C32H31NO2/c1-18(2)13-27-19(3)24-16-29-25(17-28(24)34-27)23-11-12-33-30(31(23)35-29)21-14-20-9-7-8-10-22(20)26(15-21)32(4,5)6/h7-12,14-18H,13H2,1-6H3. The Bertz CT molecular complexity index is 1740. The number of nitrogens with zero attached hydrogens (tertiary/aromatic N) is 1. The number of rotatable bonds is 3. The molecule has 3 heteroatoms. The molecule has 6 rings (SSSR count). The minimum atomic E-state index is 0.00703. The van der Waals surface area contributed by atoms with Crippen LogP contribution in [-0.2, 0) is 11.8 Å². The van der Waals surface area contributed by atoms with E-state index in [1.165, 1.54) is 21.9 Å². The van der Waals surface area contributed by atoms with Crippen LogP contribution in [0.5, 0.6) is 0 Å². The molecule has 0 unspecified atom stereocenters. The van der Waals surface area contributed by atoms with Crippen LogP contribution in [0.4, 0.5) is 0 Å². The molecule has 3 heterocycles. The van der Waals surface area contributed by atoms with Gasteiger partial charge in [-0.3, -0.25) is 4.98 Å². The zero-order chi connectivity index (χ0) is 24.5. The molecule has 0 atom stereocenters. The molecule has 0 amide bonds. The van der Waals surface area contributed by atoms with Gasteiger partial charge in [-0.2, -0.15) is 0 Å². The maximum absolute atomic E-state index is 6.52. The van der Waals surface area contributed by atoms with Gasteiger partial charge in [-0.05, 0) is 70.5 Å². The summed E-state index contributed by atoms with van der Waals surface area (Å²) < 4.78 is 12.8. The molecule has 176 valence electrons. The smallest absolute Gasteiger partial charge is 0.161 e. The Morgan fingerprint density at radius 1 is 0.829 bits per heavy atom. The van der Waals surface area contributed by atoms with E-state index in [1.54, 1.807) is 0 Å². The zero-order valence-corrected chi connectivity index (χ0v) is 21.3. The van der Waals surface area contributed by atoms with Gasteiger partial charge in [-0.25, -0.2) is 0 Å². The maximum Gasteiger partial charge on any atom is 0.161 e. The van der Waals surface area contributed by atoms with E-state index in [1.807, 2.05) is 12.3 Å². The van der Waals surface area contributed by atoms with E-state index in [-0.39, 0.29) is 5.41 Å². The Balaban J connectivity index is 1.60. The number of aromatic nitrogens is 1. The second-order valence-electron chi connectivity index (χ2n) is 11.2. The summed E-state index contributed by atoms with van der Waals surface area (Å²) in [6.07, 6.45) is 2.83. The lowest BCUT2D eigenvalue weighted by Crippen LogP contribution is -2.12. The Morgan fingerprint density at radius 3 is 2.34 bits per heavy atom. The normalized spacial score (nSPS) is 12.7. The van der Waals surface area contributed by atoms with Gasteiger partial charge in [0.05, 0.1) is 0 Å². The molecule has 0 radical (unpaired) electrons.